The normalized spacial score (nSPS) is 15.1. The van der Waals surface area contributed by atoms with Crippen molar-refractivity contribution in [3.63, 3.8) is 0 Å². The minimum Gasteiger partial charge on any atom is -0.482 e. The van der Waals surface area contributed by atoms with E-state index in [9.17, 15) is 10.1 Å². The highest BCUT2D eigenvalue weighted by Crippen LogP contribution is 2.35. The predicted molar refractivity (Wildman–Crippen MR) is 49.0 cm³/mol. The summed E-state index contributed by atoms with van der Waals surface area (Å²) in [5.74, 6) is 0.164. The maximum atomic E-state index is 10.7. The van der Waals surface area contributed by atoms with Gasteiger partial charge in [-0.05, 0) is 12.8 Å². The number of hydrogen-bond donors (Lipinski definition) is 1. The van der Waals surface area contributed by atoms with Gasteiger partial charge in [-0.15, -0.1) is 0 Å². The van der Waals surface area contributed by atoms with Crippen LogP contribution in [0.25, 0.3) is 0 Å². The lowest BCUT2D eigenvalue weighted by Crippen LogP contribution is -2.03. The van der Waals surface area contributed by atoms with Crippen molar-refractivity contribution in [3.05, 3.63) is 22.5 Å². The van der Waals surface area contributed by atoms with Gasteiger partial charge in [0.15, 0.2) is 0 Å². The highest BCUT2D eigenvalue weighted by Gasteiger charge is 2.28. The fourth-order valence-electron chi connectivity index (χ4n) is 1.10. The lowest BCUT2D eigenvalue weighted by molar-refractivity contribution is -0.385. The van der Waals surface area contributed by atoms with Crippen LogP contribution in [0, 0.1) is 10.1 Å². The van der Waals surface area contributed by atoms with E-state index in [-0.39, 0.29) is 23.2 Å². The molecule has 0 saturated heterocycles. The maximum absolute atomic E-state index is 10.7. The first kappa shape index (κ1) is 8.74. The van der Waals surface area contributed by atoms with Crippen molar-refractivity contribution in [3.8, 4) is 5.75 Å². The molecule has 1 aliphatic rings. The Morgan fingerprint density at radius 2 is 2.29 bits per heavy atom. The van der Waals surface area contributed by atoms with Crippen LogP contribution in [0.15, 0.2) is 12.4 Å². The molecule has 2 N–H and O–H groups in total. The lowest BCUT2D eigenvalue weighted by atomic mass is 10.3. The summed E-state index contributed by atoms with van der Waals surface area (Å²) in [6.07, 6.45) is 4.54. The summed E-state index contributed by atoms with van der Waals surface area (Å²) in [5.41, 5.74) is 5.28. The van der Waals surface area contributed by atoms with Crippen molar-refractivity contribution in [2.75, 3.05) is 5.73 Å². The van der Waals surface area contributed by atoms with Crippen LogP contribution in [0.3, 0.4) is 0 Å². The van der Waals surface area contributed by atoms with Crippen molar-refractivity contribution >= 4 is 11.4 Å². The molecular weight excluding hydrogens is 186 g/mol. The van der Waals surface area contributed by atoms with E-state index in [0.29, 0.717) is 0 Å². The number of nitrogens with zero attached hydrogens (tertiary/aromatic N) is 2. The highest BCUT2D eigenvalue weighted by molar-refractivity contribution is 5.63. The minimum atomic E-state index is -0.547. The van der Waals surface area contributed by atoms with Crippen LogP contribution in [0.2, 0.25) is 0 Å². The van der Waals surface area contributed by atoms with Crippen molar-refractivity contribution in [2.24, 2.45) is 0 Å². The van der Waals surface area contributed by atoms with Crippen molar-refractivity contribution in [1.29, 1.82) is 0 Å². The summed E-state index contributed by atoms with van der Waals surface area (Å²) < 4.78 is 5.31. The zero-order valence-corrected chi connectivity index (χ0v) is 7.34. The van der Waals surface area contributed by atoms with Crippen molar-refractivity contribution in [2.45, 2.75) is 18.9 Å². The molecule has 0 bridgehead atoms. The number of hydrogen-bond acceptors (Lipinski definition) is 5. The molecule has 74 valence electrons. The van der Waals surface area contributed by atoms with E-state index in [2.05, 4.69) is 4.98 Å². The van der Waals surface area contributed by atoms with E-state index in [1.54, 1.807) is 0 Å². The largest absolute Gasteiger partial charge is 0.482 e. The number of rotatable bonds is 3. The summed E-state index contributed by atoms with van der Waals surface area (Å²) in [7, 11) is 0. The van der Waals surface area contributed by atoms with Crippen LogP contribution in [0.4, 0.5) is 11.4 Å². The van der Waals surface area contributed by atoms with Crippen LogP contribution in [0.5, 0.6) is 5.75 Å². The molecule has 1 saturated carbocycles. The molecule has 0 unspecified atom stereocenters. The SMILES string of the molecule is Nc1cncc(OC2CC2)c1[N+](=O)[O-]. The summed E-state index contributed by atoms with van der Waals surface area (Å²) in [6, 6.07) is 0. The van der Waals surface area contributed by atoms with Gasteiger partial charge >= 0.3 is 5.69 Å². The van der Waals surface area contributed by atoms with Gasteiger partial charge in [-0.25, -0.2) is 0 Å². The van der Waals surface area contributed by atoms with Crippen LogP contribution in [-0.2, 0) is 0 Å². The molecule has 0 radical (unpaired) electrons. The first-order chi connectivity index (χ1) is 6.68. The smallest absolute Gasteiger partial charge is 0.336 e. The Labute approximate surface area is 79.8 Å². The molecule has 1 heterocycles. The Bertz CT molecular complexity index is 376. The summed E-state index contributed by atoms with van der Waals surface area (Å²) in [5, 5.41) is 10.7. The molecule has 1 aromatic heterocycles. The zero-order valence-electron chi connectivity index (χ0n) is 7.34. The van der Waals surface area contributed by atoms with Gasteiger partial charge in [0.2, 0.25) is 5.75 Å². The molecule has 14 heavy (non-hydrogen) atoms. The van der Waals surface area contributed by atoms with Gasteiger partial charge in [0.25, 0.3) is 0 Å². The highest BCUT2D eigenvalue weighted by atomic mass is 16.6. The van der Waals surface area contributed by atoms with E-state index < -0.39 is 4.92 Å². The number of nitrogens with two attached hydrogens (primary N) is 1. The van der Waals surface area contributed by atoms with E-state index in [4.69, 9.17) is 10.5 Å². The Morgan fingerprint density at radius 3 is 2.86 bits per heavy atom. The van der Waals surface area contributed by atoms with Crippen molar-refractivity contribution < 1.29 is 9.66 Å². The number of pyridine rings is 1. The standard InChI is InChI=1S/C8H9N3O3/c9-6-3-10-4-7(8(6)11(12)13)14-5-1-2-5/h3-5H,1-2,9H2. The molecule has 0 atom stereocenters. The summed E-state index contributed by atoms with van der Waals surface area (Å²) in [6.45, 7) is 0. The Hall–Kier alpha value is -1.85. The molecule has 1 fully saturated rings. The van der Waals surface area contributed by atoms with Gasteiger partial charge in [0.05, 0.1) is 23.4 Å². The maximum Gasteiger partial charge on any atom is 0.336 e. The van der Waals surface area contributed by atoms with E-state index >= 15 is 0 Å². The second-order valence-electron chi connectivity index (χ2n) is 3.15. The van der Waals surface area contributed by atoms with Gasteiger partial charge in [-0.3, -0.25) is 15.1 Å². The van der Waals surface area contributed by atoms with Crippen molar-refractivity contribution in [1.82, 2.24) is 4.98 Å². The van der Waals surface area contributed by atoms with Gasteiger partial charge in [-0.2, -0.15) is 0 Å². The summed E-state index contributed by atoms with van der Waals surface area (Å²) in [4.78, 5) is 13.9. The molecule has 1 aliphatic carbocycles. The Kier molecular flexibility index (Phi) is 1.95. The number of nitro groups is 1. The van der Waals surface area contributed by atoms with Gasteiger partial charge in [-0.1, -0.05) is 0 Å². The number of anilines is 1. The van der Waals surface area contributed by atoms with E-state index in [1.165, 1.54) is 12.4 Å². The fourth-order valence-corrected chi connectivity index (χ4v) is 1.10. The van der Waals surface area contributed by atoms with Crippen LogP contribution < -0.4 is 10.5 Å². The molecule has 1 aromatic rings. The van der Waals surface area contributed by atoms with E-state index in [0.717, 1.165) is 12.8 Å². The van der Waals surface area contributed by atoms with Gasteiger partial charge in [0, 0.05) is 0 Å². The average Bonchev–Trinajstić information content (AvgIpc) is 2.87. The Balaban J connectivity index is 2.35. The third-order valence-corrected chi connectivity index (χ3v) is 1.91. The number of aromatic nitrogens is 1. The lowest BCUT2D eigenvalue weighted by Gasteiger charge is -2.05. The predicted octanol–water partition coefficient (Wildman–Crippen LogP) is 1.11. The molecule has 6 nitrogen and oxygen atoms in total. The molecule has 0 aromatic carbocycles. The fraction of sp³-hybridized carbons (Fsp3) is 0.375. The first-order valence-electron chi connectivity index (χ1n) is 4.23. The zero-order chi connectivity index (χ0) is 10.1. The molecule has 0 spiro atoms. The average molecular weight is 195 g/mol. The third kappa shape index (κ3) is 1.59. The van der Waals surface area contributed by atoms with Crippen LogP contribution in [0.1, 0.15) is 12.8 Å². The number of nitrogen functional groups attached to an aromatic ring is 1. The second kappa shape index (κ2) is 3.13. The molecule has 0 aliphatic heterocycles. The minimum absolute atomic E-state index is 0.0353. The third-order valence-electron chi connectivity index (χ3n) is 1.91. The number of ether oxygens (including phenoxy) is 1. The Morgan fingerprint density at radius 1 is 1.57 bits per heavy atom. The summed E-state index contributed by atoms with van der Waals surface area (Å²) >= 11 is 0. The van der Waals surface area contributed by atoms with Crippen LogP contribution >= 0.6 is 0 Å². The first-order valence-corrected chi connectivity index (χ1v) is 4.23. The second-order valence-corrected chi connectivity index (χ2v) is 3.15. The van der Waals surface area contributed by atoms with Gasteiger partial charge in [0.1, 0.15) is 5.69 Å². The van der Waals surface area contributed by atoms with Crippen LogP contribution in [-0.4, -0.2) is 16.0 Å². The monoisotopic (exact) mass is 195 g/mol. The van der Waals surface area contributed by atoms with E-state index in [1.807, 2.05) is 0 Å². The molecule has 0 amide bonds. The molecular formula is C8H9N3O3. The molecule has 2 rings (SSSR count). The quantitative estimate of drug-likeness (QED) is 0.576. The molecule has 6 heteroatoms. The van der Waals surface area contributed by atoms with Gasteiger partial charge < -0.3 is 10.5 Å². The topological polar surface area (TPSA) is 91.3 Å².